The molecule has 0 amide bonds. The van der Waals surface area contributed by atoms with Crippen molar-refractivity contribution in [3.8, 4) is 0 Å². The first kappa shape index (κ1) is 13.9. The fraction of sp³-hybridized carbons (Fsp3) is 0. The first-order valence-corrected chi connectivity index (χ1v) is 3.51. The molecule has 11 heavy (non-hydrogen) atoms. The van der Waals surface area contributed by atoms with Crippen molar-refractivity contribution in [2.24, 2.45) is 0 Å². The maximum Gasteiger partial charge on any atom is 2.00 e. The maximum absolute atomic E-state index is 5.54. The summed E-state index contributed by atoms with van der Waals surface area (Å²) >= 11 is 8.79. The normalized spacial score (nSPS) is 7.82. The van der Waals surface area contributed by atoms with Crippen LogP contribution in [0.5, 0.6) is 0 Å². The van der Waals surface area contributed by atoms with E-state index in [-0.39, 0.29) is 24.2 Å². The van der Waals surface area contributed by atoms with Crippen LogP contribution in [0.1, 0.15) is 5.69 Å². The molecule has 1 nitrogen and oxygen atoms in total. The topological polar surface area (TPSA) is 12.9 Å². The smallest absolute Gasteiger partial charge is 0.358 e. The van der Waals surface area contributed by atoms with Crippen molar-refractivity contribution in [1.29, 1.82) is 0 Å². The van der Waals surface area contributed by atoms with Crippen LogP contribution in [-0.4, -0.2) is 4.98 Å². The third-order valence-electron chi connectivity index (χ3n) is 0.885. The molecule has 0 saturated carbocycles. The van der Waals surface area contributed by atoms with Gasteiger partial charge in [-0.1, -0.05) is 17.3 Å². The predicted molar refractivity (Wildman–Crippen MR) is 47.8 cm³/mol. The summed E-state index contributed by atoms with van der Waals surface area (Å²) < 4.78 is 0.881. The van der Waals surface area contributed by atoms with Crippen LogP contribution in [-0.2, 0) is 16.8 Å². The van der Waals surface area contributed by atoms with Crippen LogP contribution in [0.15, 0.2) is 16.6 Å². The van der Waals surface area contributed by atoms with Crippen molar-refractivity contribution < 1.29 is 16.8 Å². The standard InChI is InChI=1S/C6H4BrClN.CH3.Co/c1-4-5(7)2-3-6(8)9-4;;/h2-3H,1H2;1H3;/q2*-1;+2. The van der Waals surface area contributed by atoms with Crippen molar-refractivity contribution in [3.05, 3.63) is 41.8 Å². The number of aromatic nitrogens is 1. The van der Waals surface area contributed by atoms with Crippen LogP contribution in [0.2, 0.25) is 5.15 Å². The van der Waals surface area contributed by atoms with Crippen LogP contribution < -0.4 is 0 Å². The molecule has 0 spiro atoms. The van der Waals surface area contributed by atoms with Crippen LogP contribution >= 0.6 is 27.5 Å². The fourth-order valence-corrected chi connectivity index (χ4v) is 0.844. The molecule has 1 radical (unpaired) electrons. The van der Waals surface area contributed by atoms with Crippen molar-refractivity contribution >= 4 is 27.5 Å². The maximum atomic E-state index is 5.54. The molecule has 0 aliphatic rings. The summed E-state index contributed by atoms with van der Waals surface area (Å²) in [7, 11) is 0. The van der Waals surface area contributed by atoms with Crippen molar-refractivity contribution in [1.82, 2.24) is 4.98 Å². The molecule has 0 saturated heterocycles. The molecule has 1 rings (SSSR count). The van der Waals surface area contributed by atoms with Gasteiger partial charge in [-0.25, -0.2) is 6.92 Å². The molecule has 1 aromatic heterocycles. The number of pyridine rings is 1. The molecule has 0 aliphatic carbocycles. The van der Waals surface area contributed by atoms with Gasteiger partial charge in [0.1, 0.15) is 5.15 Å². The summed E-state index contributed by atoms with van der Waals surface area (Å²) in [6.45, 7) is 3.64. The molecular weight excluding hydrogens is 272 g/mol. The molecule has 4 heteroatoms. The minimum absolute atomic E-state index is 0. The first-order valence-electron chi connectivity index (χ1n) is 2.34. The fourth-order valence-electron chi connectivity index (χ4n) is 0.458. The van der Waals surface area contributed by atoms with Crippen LogP contribution in [0.3, 0.4) is 0 Å². The zero-order chi connectivity index (χ0) is 6.85. The van der Waals surface area contributed by atoms with Gasteiger partial charge < -0.3 is 7.43 Å². The molecule has 1 heterocycles. The molecule has 0 atom stereocenters. The largest absolute Gasteiger partial charge is 2.00 e. The minimum atomic E-state index is 0. The van der Waals surface area contributed by atoms with E-state index in [2.05, 4.69) is 27.8 Å². The second-order valence-electron chi connectivity index (χ2n) is 1.56. The van der Waals surface area contributed by atoms with E-state index in [4.69, 9.17) is 11.6 Å². The third-order valence-corrected chi connectivity index (χ3v) is 1.82. The second kappa shape index (κ2) is 5.89. The Morgan fingerprint density at radius 2 is 2.00 bits per heavy atom. The van der Waals surface area contributed by atoms with E-state index in [1.807, 2.05) is 6.07 Å². The van der Waals surface area contributed by atoms with Gasteiger partial charge in [0, 0.05) is 0 Å². The Morgan fingerprint density at radius 3 is 2.36 bits per heavy atom. The van der Waals surface area contributed by atoms with Crippen molar-refractivity contribution in [2.45, 2.75) is 0 Å². The van der Waals surface area contributed by atoms with E-state index < -0.39 is 0 Å². The number of rotatable bonds is 0. The second-order valence-corrected chi connectivity index (χ2v) is 2.80. The molecule has 63 valence electrons. The summed E-state index contributed by atoms with van der Waals surface area (Å²) in [5.74, 6) is 0. The van der Waals surface area contributed by atoms with Crippen LogP contribution in [0, 0.1) is 14.4 Å². The van der Waals surface area contributed by atoms with E-state index in [0.717, 1.165) is 4.47 Å². The van der Waals surface area contributed by atoms with Gasteiger partial charge in [-0.3, -0.25) is 4.98 Å². The van der Waals surface area contributed by atoms with Gasteiger partial charge in [-0.05, 0) is 6.07 Å². The SMILES string of the molecule is [CH2-]c1nc(Cl)ccc1Br.[CH3-].[Co+2]. The monoisotopic (exact) mass is 278 g/mol. The molecular formula is C7H7BrClCoN. The Kier molecular flexibility index (Phi) is 7.41. The van der Waals surface area contributed by atoms with Crippen molar-refractivity contribution in [2.75, 3.05) is 0 Å². The van der Waals surface area contributed by atoms with E-state index in [9.17, 15) is 0 Å². The number of hydrogen-bond acceptors (Lipinski definition) is 1. The van der Waals surface area contributed by atoms with E-state index in [1.54, 1.807) is 6.07 Å². The molecule has 0 unspecified atom stereocenters. The Morgan fingerprint density at radius 1 is 1.45 bits per heavy atom. The summed E-state index contributed by atoms with van der Waals surface area (Å²) in [6, 6.07) is 3.53. The summed E-state index contributed by atoms with van der Waals surface area (Å²) in [6.07, 6.45) is 0. The Balaban J connectivity index is 0. The van der Waals surface area contributed by atoms with E-state index >= 15 is 0 Å². The summed E-state index contributed by atoms with van der Waals surface area (Å²) in [5, 5.41) is 0.475. The van der Waals surface area contributed by atoms with Gasteiger partial charge in [0.25, 0.3) is 0 Å². The predicted octanol–water partition coefficient (Wildman–Crippen LogP) is 3.13. The molecule has 0 aliphatic heterocycles. The van der Waals surface area contributed by atoms with E-state index in [1.165, 1.54) is 0 Å². The van der Waals surface area contributed by atoms with Crippen LogP contribution in [0.4, 0.5) is 0 Å². The van der Waals surface area contributed by atoms with Gasteiger partial charge in [-0.2, -0.15) is 15.9 Å². The average Bonchev–Trinajstić information content (AvgIpc) is 1.80. The Bertz CT molecular complexity index is 230. The number of hydrogen-bond donors (Lipinski definition) is 0. The number of halogens is 2. The molecule has 0 fully saturated rings. The third kappa shape index (κ3) is 4.01. The van der Waals surface area contributed by atoms with Crippen LogP contribution in [0.25, 0.3) is 0 Å². The van der Waals surface area contributed by atoms with Gasteiger partial charge in [0.2, 0.25) is 0 Å². The Hall–Kier alpha value is 0.296. The van der Waals surface area contributed by atoms with E-state index in [0.29, 0.717) is 10.8 Å². The number of nitrogens with zero attached hydrogens (tertiary/aromatic N) is 1. The Labute approximate surface area is 90.9 Å². The van der Waals surface area contributed by atoms with Gasteiger partial charge >= 0.3 is 16.8 Å². The van der Waals surface area contributed by atoms with Crippen molar-refractivity contribution in [3.63, 3.8) is 0 Å². The van der Waals surface area contributed by atoms with Gasteiger partial charge in [0.05, 0.1) is 0 Å². The zero-order valence-electron chi connectivity index (χ0n) is 5.90. The van der Waals surface area contributed by atoms with Gasteiger partial charge in [-0.15, -0.1) is 10.5 Å². The average molecular weight is 279 g/mol. The molecule has 1 aromatic rings. The quantitative estimate of drug-likeness (QED) is 0.525. The zero-order valence-corrected chi connectivity index (χ0v) is 9.28. The molecule has 0 aromatic carbocycles. The molecule has 0 bridgehead atoms. The first-order chi connectivity index (χ1) is 4.20. The minimum Gasteiger partial charge on any atom is -0.358 e. The summed E-state index contributed by atoms with van der Waals surface area (Å²) in [4.78, 5) is 3.88. The van der Waals surface area contributed by atoms with Gasteiger partial charge in [0.15, 0.2) is 0 Å². The molecule has 0 N–H and O–H groups in total. The summed E-state index contributed by atoms with van der Waals surface area (Å²) in [5.41, 5.74) is 0.669.